The van der Waals surface area contributed by atoms with Gasteiger partial charge in [0.15, 0.2) is 0 Å². The molecule has 1 heterocycles. The summed E-state index contributed by atoms with van der Waals surface area (Å²) in [6, 6.07) is 1.86. The van der Waals surface area contributed by atoms with Gasteiger partial charge in [0.05, 0.1) is 16.4 Å². The molecule has 1 amide bonds. The zero-order valence-corrected chi connectivity index (χ0v) is 12.8. The van der Waals surface area contributed by atoms with Gasteiger partial charge in [-0.15, -0.1) is 11.3 Å². The van der Waals surface area contributed by atoms with Gasteiger partial charge in [-0.2, -0.15) is 0 Å². The maximum Gasteiger partial charge on any atom is 0.263 e. The molecule has 0 aliphatic carbocycles. The van der Waals surface area contributed by atoms with E-state index in [9.17, 15) is 4.79 Å². The van der Waals surface area contributed by atoms with E-state index in [1.807, 2.05) is 19.9 Å². The average Bonchev–Trinajstić information content (AvgIpc) is 2.81. The summed E-state index contributed by atoms with van der Waals surface area (Å²) in [5.41, 5.74) is 0.988. The van der Waals surface area contributed by atoms with Crippen LogP contribution in [0.15, 0.2) is 6.07 Å². The minimum atomic E-state index is -0.00995. The van der Waals surface area contributed by atoms with E-state index in [2.05, 4.69) is 11.8 Å². The smallest absolute Gasteiger partial charge is 0.263 e. The molecular formula is C15H21NO3S. The second-order valence-electron chi connectivity index (χ2n) is 4.36. The molecule has 20 heavy (non-hydrogen) atoms. The number of aryl methyl sites for hydroxylation is 1. The summed E-state index contributed by atoms with van der Waals surface area (Å²) >= 11 is 1.39. The fourth-order valence-corrected chi connectivity index (χ4v) is 2.75. The van der Waals surface area contributed by atoms with E-state index >= 15 is 0 Å². The minimum absolute atomic E-state index is 0.00995. The molecule has 0 fully saturated rings. The highest BCUT2D eigenvalue weighted by molar-refractivity contribution is 7.14. The van der Waals surface area contributed by atoms with Crippen molar-refractivity contribution in [2.24, 2.45) is 0 Å². The molecule has 0 aromatic carbocycles. The molecule has 0 saturated carbocycles. The van der Waals surface area contributed by atoms with Crippen molar-refractivity contribution in [2.75, 3.05) is 26.3 Å². The molecule has 0 aliphatic rings. The fourth-order valence-electron chi connectivity index (χ4n) is 1.73. The Bertz CT molecular complexity index is 499. The Morgan fingerprint density at radius 3 is 2.75 bits per heavy atom. The summed E-state index contributed by atoms with van der Waals surface area (Å²) in [7, 11) is 0. The number of aliphatic hydroxyl groups excluding tert-OH is 2. The average molecular weight is 295 g/mol. The lowest BCUT2D eigenvalue weighted by atomic mass is 10.2. The number of carbonyl (C=O) groups is 1. The van der Waals surface area contributed by atoms with Crippen LogP contribution in [0.3, 0.4) is 0 Å². The van der Waals surface area contributed by atoms with E-state index in [0.717, 1.165) is 10.4 Å². The second-order valence-corrected chi connectivity index (χ2v) is 5.41. The Balaban J connectivity index is 2.83. The number of carbonyl (C=O) groups excluding carboxylic acids is 1. The fraction of sp³-hybridized carbons (Fsp3) is 0.533. The largest absolute Gasteiger partial charge is 0.396 e. The van der Waals surface area contributed by atoms with Crippen molar-refractivity contribution in [1.82, 2.24) is 4.90 Å². The van der Waals surface area contributed by atoms with Crippen LogP contribution in [-0.4, -0.2) is 47.3 Å². The molecule has 0 bridgehead atoms. The van der Waals surface area contributed by atoms with Crippen LogP contribution in [0, 0.1) is 18.8 Å². The third-order valence-electron chi connectivity index (χ3n) is 2.82. The first-order valence-electron chi connectivity index (χ1n) is 6.74. The molecule has 0 atom stereocenters. The Labute approximate surface area is 124 Å². The normalized spacial score (nSPS) is 10.0. The molecule has 0 radical (unpaired) electrons. The number of rotatable bonds is 6. The van der Waals surface area contributed by atoms with Crippen LogP contribution < -0.4 is 0 Å². The van der Waals surface area contributed by atoms with Gasteiger partial charge in [0.25, 0.3) is 5.91 Å². The lowest BCUT2D eigenvalue weighted by Gasteiger charge is -2.19. The third-order valence-corrected chi connectivity index (χ3v) is 3.96. The Morgan fingerprint density at radius 1 is 1.40 bits per heavy atom. The number of hydrogen-bond donors (Lipinski definition) is 2. The van der Waals surface area contributed by atoms with Crippen LogP contribution in [0.1, 0.15) is 39.9 Å². The third kappa shape index (κ3) is 4.64. The van der Waals surface area contributed by atoms with Crippen molar-refractivity contribution < 1.29 is 15.0 Å². The van der Waals surface area contributed by atoms with Gasteiger partial charge in [-0.25, -0.2) is 0 Å². The van der Waals surface area contributed by atoms with E-state index in [0.29, 0.717) is 30.8 Å². The lowest BCUT2D eigenvalue weighted by molar-refractivity contribution is 0.0759. The van der Waals surface area contributed by atoms with Gasteiger partial charge in [-0.1, -0.05) is 11.8 Å². The number of thiophene rings is 1. The summed E-state index contributed by atoms with van der Waals surface area (Å²) in [6.07, 6.45) is 1.03. The van der Waals surface area contributed by atoms with Gasteiger partial charge in [-0.3, -0.25) is 4.79 Å². The van der Waals surface area contributed by atoms with Crippen LogP contribution >= 0.6 is 11.3 Å². The standard InChI is InChI=1S/C15H21NO3S/c1-3-16(8-6-10-18)15(19)14-11-12(2)13(20-14)7-4-5-9-17/h11,17-18H,3,5-6,8-10H2,1-2H3. The van der Waals surface area contributed by atoms with Crippen LogP contribution in [-0.2, 0) is 0 Å². The molecule has 2 N–H and O–H groups in total. The van der Waals surface area contributed by atoms with Crippen molar-refractivity contribution in [1.29, 1.82) is 0 Å². The topological polar surface area (TPSA) is 60.8 Å². The van der Waals surface area contributed by atoms with E-state index in [4.69, 9.17) is 10.2 Å². The number of amides is 1. The van der Waals surface area contributed by atoms with Crippen molar-refractivity contribution >= 4 is 17.2 Å². The molecule has 4 nitrogen and oxygen atoms in total. The van der Waals surface area contributed by atoms with Gasteiger partial charge < -0.3 is 15.1 Å². The minimum Gasteiger partial charge on any atom is -0.396 e. The van der Waals surface area contributed by atoms with Gasteiger partial charge in [-0.05, 0) is 31.9 Å². The van der Waals surface area contributed by atoms with Gasteiger partial charge in [0, 0.05) is 26.1 Å². The van der Waals surface area contributed by atoms with E-state index in [-0.39, 0.29) is 19.1 Å². The molecule has 110 valence electrons. The first-order valence-corrected chi connectivity index (χ1v) is 7.56. The number of aliphatic hydroxyl groups is 2. The SMILES string of the molecule is CCN(CCCO)C(=O)c1cc(C)c(C#CCCO)s1. The quantitative estimate of drug-likeness (QED) is 0.784. The Kier molecular flexibility index (Phi) is 7.31. The first kappa shape index (κ1) is 16.7. The monoisotopic (exact) mass is 295 g/mol. The van der Waals surface area contributed by atoms with Crippen molar-refractivity contribution in [3.63, 3.8) is 0 Å². The molecule has 0 unspecified atom stereocenters. The lowest BCUT2D eigenvalue weighted by Crippen LogP contribution is -2.31. The molecular weight excluding hydrogens is 274 g/mol. The van der Waals surface area contributed by atoms with Crippen molar-refractivity contribution in [3.8, 4) is 11.8 Å². The first-order chi connectivity index (χ1) is 9.63. The van der Waals surface area contributed by atoms with Crippen LogP contribution in [0.4, 0.5) is 0 Å². The molecule has 1 aromatic rings. The highest BCUT2D eigenvalue weighted by Crippen LogP contribution is 2.22. The van der Waals surface area contributed by atoms with Crippen LogP contribution in [0.2, 0.25) is 0 Å². The van der Waals surface area contributed by atoms with Gasteiger partial charge in [0.2, 0.25) is 0 Å². The second kappa shape index (κ2) is 8.75. The highest BCUT2D eigenvalue weighted by Gasteiger charge is 2.17. The van der Waals surface area contributed by atoms with E-state index in [1.54, 1.807) is 4.90 Å². The number of nitrogens with zero attached hydrogens (tertiary/aromatic N) is 1. The summed E-state index contributed by atoms with van der Waals surface area (Å²) in [5.74, 6) is 5.85. The maximum atomic E-state index is 12.3. The molecule has 1 rings (SSSR count). The summed E-state index contributed by atoms with van der Waals surface area (Å²) < 4.78 is 0. The Morgan fingerprint density at radius 2 is 2.15 bits per heavy atom. The zero-order valence-electron chi connectivity index (χ0n) is 12.0. The summed E-state index contributed by atoms with van der Waals surface area (Å²) in [4.78, 5) is 15.6. The summed E-state index contributed by atoms with van der Waals surface area (Å²) in [5, 5.41) is 17.6. The van der Waals surface area contributed by atoms with E-state index < -0.39 is 0 Å². The van der Waals surface area contributed by atoms with E-state index in [1.165, 1.54) is 11.3 Å². The highest BCUT2D eigenvalue weighted by atomic mass is 32.1. The predicted molar refractivity (Wildman–Crippen MR) is 80.9 cm³/mol. The Hall–Kier alpha value is -1.35. The zero-order chi connectivity index (χ0) is 15.0. The van der Waals surface area contributed by atoms with Gasteiger partial charge in [0.1, 0.15) is 0 Å². The molecule has 0 saturated heterocycles. The van der Waals surface area contributed by atoms with Crippen molar-refractivity contribution in [2.45, 2.75) is 26.7 Å². The maximum absolute atomic E-state index is 12.3. The molecule has 1 aromatic heterocycles. The van der Waals surface area contributed by atoms with Crippen molar-refractivity contribution in [3.05, 3.63) is 21.4 Å². The predicted octanol–water partition coefficient (Wildman–Crippen LogP) is 1.63. The summed E-state index contributed by atoms with van der Waals surface area (Å²) in [6.45, 7) is 5.19. The van der Waals surface area contributed by atoms with Crippen LogP contribution in [0.25, 0.3) is 0 Å². The van der Waals surface area contributed by atoms with Gasteiger partial charge >= 0.3 is 0 Å². The molecule has 5 heteroatoms. The molecule has 0 aliphatic heterocycles. The number of hydrogen-bond acceptors (Lipinski definition) is 4. The molecule has 0 spiro atoms. The van der Waals surface area contributed by atoms with Crippen LogP contribution in [0.5, 0.6) is 0 Å².